The minimum Gasteiger partial charge on any atom is -0.459 e. The lowest BCUT2D eigenvalue weighted by Gasteiger charge is -2.28. The molecule has 0 atom stereocenters. The number of hydrogen-bond acceptors (Lipinski definition) is 2. The molecule has 0 aromatic heterocycles. The van der Waals surface area contributed by atoms with E-state index in [0.717, 1.165) is 0 Å². The maximum atomic E-state index is 10.9. The molecular weight excluding hydrogens is 140 g/mol. The molecule has 0 N–H and O–H groups in total. The van der Waals surface area contributed by atoms with E-state index < -0.39 is 0 Å². The van der Waals surface area contributed by atoms with Crippen molar-refractivity contribution >= 4 is 5.97 Å². The molecule has 66 valence electrons. The molecule has 0 rings (SSSR count). The first-order valence-electron chi connectivity index (χ1n) is 4.12. The van der Waals surface area contributed by atoms with Gasteiger partial charge in [-0.2, -0.15) is 0 Å². The molecule has 0 aliphatic rings. The minimum atomic E-state index is -0.326. The van der Waals surface area contributed by atoms with Crippen molar-refractivity contribution in [1.82, 2.24) is 0 Å². The van der Waals surface area contributed by atoms with Crippen LogP contribution in [0.2, 0.25) is 0 Å². The molecule has 0 amide bonds. The summed E-state index contributed by atoms with van der Waals surface area (Å²) in [4.78, 5) is 10.9. The molecule has 0 fully saturated rings. The summed E-state index contributed by atoms with van der Waals surface area (Å²) in [6.45, 7) is 9.76. The van der Waals surface area contributed by atoms with Crippen molar-refractivity contribution in [2.24, 2.45) is 5.92 Å². The normalized spacial score (nSPS) is 11.8. The molecule has 0 aliphatic heterocycles. The second-order valence-corrected chi connectivity index (χ2v) is 3.59. The third kappa shape index (κ3) is 3.40. The van der Waals surface area contributed by atoms with Gasteiger partial charge in [0.15, 0.2) is 0 Å². The Morgan fingerprint density at radius 3 is 2.18 bits per heavy atom. The second kappa shape index (κ2) is 3.74. The van der Waals surface area contributed by atoms with Crippen LogP contribution in [0.1, 0.15) is 41.0 Å². The van der Waals surface area contributed by atoms with Crippen LogP contribution in [0.3, 0.4) is 0 Å². The molecule has 0 spiro atoms. The average Bonchev–Trinajstić information content (AvgIpc) is 1.86. The summed E-state index contributed by atoms with van der Waals surface area (Å²) in [7, 11) is 0. The molecule has 0 radical (unpaired) electrons. The predicted molar refractivity (Wildman–Crippen MR) is 45.3 cm³/mol. The smallest absolute Gasteiger partial charge is 0.306 e. The highest BCUT2D eigenvalue weighted by molar-refractivity contribution is 5.69. The van der Waals surface area contributed by atoms with Gasteiger partial charge in [0.25, 0.3) is 0 Å². The zero-order valence-electron chi connectivity index (χ0n) is 8.10. The molecule has 0 aromatic carbocycles. The van der Waals surface area contributed by atoms with Crippen LogP contribution in [0.25, 0.3) is 0 Å². The Bertz CT molecular complexity index is 136. The number of ether oxygens (including phenoxy) is 1. The molecule has 0 saturated carbocycles. The van der Waals surface area contributed by atoms with Gasteiger partial charge in [0.05, 0.1) is 0 Å². The third-order valence-corrected chi connectivity index (χ3v) is 2.06. The van der Waals surface area contributed by atoms with Crippen molar-refractivity contribution < 1.29 is 9.53 Å². The summed E-state index contributed by atoms with van der Waals surface area (Å²) in [5.74, 6) is 0.238. The molecule has 0 unspecified atom stereocenters. The van der Waals surface area contributed by atoms with Gasteiger partial charge in [0, 0.05) is 6.42 Å². The number of rotatable bonds is 3. The largest absolute Gasteiger partial charge is 0.459 e. The van der Waals surface area contributed by atoms with Crippen LogP contribution in [0.15, 0.2) is 0 Å². The fraction of sp³-hybridized carbons (Fsp3) is 0.889. The van der Waals surface area contributed by atoms with Crippen LogP contribution in [0.4, 0.5) is 0 Å². The maximum Gasteiger partial charge on any atom is 0.306 e. The Balaban J connectivity index is 4.01. The molecule has 2 heteroatoms. The highest BCUT2D eigenvalue weighted by Gasteiger charge is 2.25. The fourth-order valence-corrected chi connectivity index (χ4v) is 0.483. The molecule has 0 saturated heterocycles. The lowest BCUT2D eigenvalue weighted by atomic mass is 9.95. The van der Waals surface area contributed by atoms with E-state index in [0.29, 0.717) is 12.3 Å². The van der Waals surface area contributed by atoms with Crippen molar-refractivity contribution in [1.29, 1.82) is 0 Å². The topological polar surface area (TPSA) is 26.3 Å². The van der Waals surface area contributed by atoms with E-state index in [-0.39, 0.29) is 11.6 Å². The zero-order valence-corrected chi connectivity index (χ0v) is 8.10. The van der Waals surface area contributed by atoms with Gasteiger partial charge in [-0.25, -0.2) is 0 Å². The lowest BCUT2D eigenvalue weighted by Crippen LogP contribution is -2.33. The van der Waals surface area contributed by atoms with E-state index >= 15 is 0 Å². The maximum absolute atomic E-state index is 10.9. The van der Waals surface area contributed by atoms with Gasteiger partial charge in [-0.1, -0.05) is 20.8 Å². The minimum absolute atomic E-state index is 0.122. The molecule has 0 bridgehead atoms. The van der Waals surface area contributed by atoms with Crippen LogP contribution in [0, 0.1) is 5.92 Å². The van der Waals surface area contributed by atoms with E-state index in [1.165, 1.54) is 0 Å². The SMILES string of the molecule is CCC(=O)OC(C)(C)C(C)C. The first kappa shape index (κ1) is 10.5. The summed E-state index contributed by atoms with van der Waals surface area (Å²) in [6.07, 6.45) is 0.455. The van der Waals surface area contributed by atoms with Gasteiger partial charge in [-0.3, -0.25) is 4.79 Å². The fourth-order valence-electron chi connectivity index (χ4n) is 0.483. The molecule has 0 heterocycles. The number of esters is 1. The second-order valence-electron chi connectivity index (χ2n) is 3.59. The highest BCUT2D eigenvalue weighted by Crippen LogP contribution is 2.20. The van der Waals surface area contributed by atoms with Crippen molar-refractivity contribution in [3.05, 3.63) is 0 Å². The van der Waals surface area contributed by atoms with E-state index in [9.17, 15) is 4.79 Å². The van der Waals surface area contributed by atoms with Gasteiger partial charge in [0.1, 0.15) is 5.60 Å². The summed E-state index contributed by atoms with van der Waals surface area (Å²) in [5.41, 5.74) is -0.326. The van der Waals surface area contributed by atoms with Crippen LogP contribution in [-0.4, -0.2) is 11.6 Å². The third-order valence-electron chi connectivity index (χ3n) is 2.06. The summed E-state index contributed by atoms with van der Waals surface area (Å²) in [6, 6.07) is 0. The molecule has 11 heavy (non-hydrogen) atoms. The van der Waals surface area contributed by atoms with Crippen molar-refractivity contribution in [2.45, 2.75) is 46.6 Å². The van der Waals surface area contributed by atoms with Gasteiger partial charge < -0.3 is 4.74 Å². The molecular formula is C9H18O2. The van der Waals surface area contributed by atoms with E-state index in [4.69, 9.17) is 4.74 Å². The van der Waals surface area contributed by atoms with Crippen LogP contribution >= 0.6 is 0 Å². The van der Waals surface area contributed by atoms with Gasteiger partial charge in [-0.15, -0.1) is 0 Å². The average molecular weight is 158 g/mol. The van der Waals surface area contributed by atoms with Gasteiger partial charge >= 0.3 is 5.97 Å². The summed E-state index contributed by atoms with van der Waals surface area (Å²) in [5, 5.41) is 0. The Morgan fingerprint density at radius 2 is 1.91 bits per heavy atom. The highest BCUT2D eigenvalue weighted by atomic mass is 16.6. The Morgan fingerprint density at radius 1 is 1.45 bits per heavy atom. The number of hydrogen-bond donors (Lipinski definition) is 0. The summed E-state index contributed by atoms with van der Waals surface area (Å²) < 4.78 is 5.21. The van der Waals surface area contributed by atoms with Crippen LogP contribution in [-0.2, 0) is 9.53 Å². The molecule has 2 nitrogen and oxygen atoms in total. The number of carbonyl (C=O) groups is 1. The first-order chi connectivity index (χ1) is 4.90. The quantitative estimate of drug-likeness (QED) is 0.589. The van der Waals surface area contributed by atoms with Gasteiger partial charge in [-0.05, 0) is 19.8 Å². The number of carbonyl (C=O) groups excluding carboxylic acids is 1. The van der Waals surface area contributed by atoms with E-state index in [2.05, 4.69) is 0 Å². The Kier molecular flexibility index (Phi) is 3.56. The van der Waals surface area contributed by atoms with Crippen LogP contribution in [0.5, 0.6) is 0 Å². The standard InChI is InChI=1S/C9H18O2/c1-6-8(10)11-9(4,5)7(2)3/h7H,6H2,1-5H3. The molecule has 0 aromatic rings. The first-order valence-corrected chi connectivity index (χ1v) is 4.12. The Hall–Kier alpha value is -0.530. The van der Waals surface area contributed by atoms with Gasteiger partial charge in [0.2, 0.25) is 0 Å². The van der Waals surface area contributed by atoms with E-state index in [1.54, 1.807) is 6.92 Å². The lowest BCUT2D eigenvalue weighted by molar-refractivity contribution is -0.160. The van der Waals surface area contributed by atoms with Crippen LogP contribution < -0.4 is 0 Å². The van der Waals surface area contributed by atoms with Crippen molar-refractivity contribution in [2.75, 3.05) is 0 Å². The predicted octanol–water partition coefficient (Wildman–Crippen LogP) is 2.37. The molecule has 0 aliphatic carbocycles. The Labute approximate surface area is 68.9 Å². The monoisotopic (exact) mass is 158 g/mol. The van der Waals surface area contributed by atoms with Crippen molar-refractivity contribution in [3.8, 4) is 0 Å². The van der Waals surface area contributed by atoms with E-state index in [1.807, 2.05) is 27.7 Å². The zero-order chi connectivity index (χ0) is 9.07. The van der Waals surface area contributed by atoms with Crippen molar-refractivity contribution in [3.63, 3.8) is 0 Å². The summed E-state index contributed by atoms with van der Waals surface area (Å²) >= 11 is 0.